The first-order chi connectivity index (χ1) is 8.75. The van der Waals surface area contributed by atoms with Gasteiger partial charge in [-0.3, -0.25) is 0 Å². The summed E-state index contributed by atoms with van der Waals surface area (Å²) in [5.41, 5.74) is 0.786. The maximum atomic E-state index is 9.59. The molecule has 1 aliphatic carbocycles. The Balaban J connectivity index is 1.62. The third-order valence-corrected chi connectivity index (χ3v) is 3.32. The van der Waals surface area contributed by atoms with Crippen LogP contribution in [0.15, 0.2) is 18.2 Å². The van der Waals surface area contributed by atoms with Crippen LogP contribution in [0.1, 0.15) is 31.2 Å². The molecule has 0 heterocycles. The molecule has 0 spiro atoms. The van der Waals surface area contributed by atoms with Crippen LogP contribution in [0.4, 0.5) is 0 Å². The lowest BCUT2D eigenvalue weighted by Crippen LogP contribution is -2.21. The van der Waals surface area contributed by atoms with Crippen LogP contribution in [-0.4, -0.2) is 29.5 Å². The molecule has 1 aliphatic rings. The Morgan fingerprint density at radius 3 is 2.72 bits per heavy atom. The number of benzene rings is 1. The fraction of sp³-hybridized carbons (Fsp3) is 0.571. The molecule has 4 nitrogen and oxygen atoms in total. The summed E-state index contributed by atoms with van der Waals surface area (Å²) in [6.07, 6.45) is 5.42. The Bertz CT molecular complexity index is 375. The Hall–Kier alpha value is -1.26. The van der Waals surface area contributed by atoms with Gasteiger partial charge in [0.15, 0.2) is 0 Å². The van der Waals surface area contributed by atoms with Gasteiger partial charge in [0.2, 0.25) is 0 Å². The normalized spacial score (nSPS) is 16.2. The summed E-state index contributed by atoms with van der Waals surface area (Å²) in [7, 11) is 0. The van der Waals surface area contributed by atoms with Crippen molar-refractivity contribution in [2.24, 2.45) is 0 Å². The lowest BCUT2D eigenvalue weighted by molar-refractivity contribution is 0.0602. The van der Waals surface area contributed by atoms with Crippen LogP contribution < -0.4 is 5.32 Å². The Morgan fingerprint density at radius 2 is 2.00 bits per heavy atom. The fourth-order valence-corrected chi connectivity index (χ4v) is 2.28. The summed E-state index contributed by atoms with van der Waals surface area (Å²) < 4.78 is 5.73. The van der Waals surface area contributed by atoms with Crippen molar-refractivity contribution in [3.63, 3.8) is 0 Å². The lowest BCUT2D eigenvalue weighted by atomic mass is 10.2. The van der Waals surface area contributed by atoms with E-state index in [0.29, 0.717) is 19.3 Å². The molecule has 0 bridgehead atoms. The molecule has 1 fully saturated rings. The molecule has 100 valence electrons. The molecular weight excluding hydrogens is 230 g/mol. The highest BCUT2D eigenvalue weighted by molar-refractivity contribution is 5.38. The third-order valence-electron chi connectivity index (χ3n) is 3.32. The molecule has 0 amide bonds. The van der Waals surface area contributed by atoms with Gasteiger partial charge in [-0.05, 0) is 18.9 Å². The summed E-state index contributed by atoms with van der Waals surface area (Å²) in [5, 5.41) is 22.0. The van der Waals surface area contributed by atoms with E-state index >= 15 is 0 Å². The average Bonchev–Trinajstić information content (AvgIpc) is 2.84. The van der Waals surface area contributed by atoms with E-state index in [1.807, 2.05) is 0 Å². The van der Waals surface area contributed by atoms with E-state index in [1.165, 1.54) is 31.7 Å². The average molecular weight is 251 g/mol. The zero-order chi connectivity index (χ0) is 12.8. The number of rotatable bonds is 6. The van der Waals surface area contributed by atoms with Crippen LogP contribution in [0.2, 0.25) is 0 Å². The summed E-state index contributed by atoms with van der Waals surface area (Å²) >= 11 is 0. The molecule has 0 saturated heterocycles. The van der Waals surface area contributed by atoms with Crippen molar-refractivity contribution in [2.75, 3.05) is 13.2 Å². The highest BCUT2D eigenvalue weighted by Gasteiger charge is 2.14. The van der Waals surface area contributed by atoms with E-state index in [4.69, 9.17) is 9.84 Å². The van der Waals surface area contributed by atoms with Crippen molar-refractivity contribution in [3.05, 3.63) is 23.8 Å². The minimum atomic E-state index is 0.0841. The topological polar surface area (TPSA) is 61.7 Å². The summed E-state index contributed by atoms with van der Waals surface area (Å²) in [4.78, 5) is 0. The molecule has 4 heteroatoms. The van der Waals surface area contributed by atoms with Gasteiger partial charge in [-0.1, -0.05) is 18.9 Å². The molecule has 1 saturated carbocycles. The van der Waals surface area contributed by atoms with Crippen molar-refractivity contribution in [1.29, 1.82) is 0 Å². The largest absolute Gasteiger partial charge is 0.508 e. The number of phenolic OH excluding ortho intramolecular Hbond substituents is 2. The van der Waals surface area contributed by atoms with Crippen LogP contribution in [0.3, 0.4) is 0 Å². The standard InChI is InChI=1S/C14H21NO3/c16-12-6-5-11(14(17)9-12)10-15-7-8-18-13-3-1-2-4-13/h5-6,9,13,15-17H,1-4,7-8,10H2. The minimum Gasteiger partial charge on any atom is -0.508 e. The molecule has 0 radical (unpaired) electrons. The first kappa shape index (κ1) is 13.2. The number of ether oxygens (including phenoxy) is 1. The molecule has 0 aliphatic heterocycles. The van der Waals surface area contributed by atoms with E-state index < -0.39 is 0 Å². The quantitative estimate of drug-likeness (QED) is 0.678. The second-order valence-electron chi connectivity index (χ2n) is 4.77. The van der Waals surface area contributed by atoms with Crippen LogP contribution in [-0.2, 0) is 11.3 Å². The van der Waals surface area contributed by atoms with Crippen LogP contribution in [0.25, 0.3) is 0 Å². The molecule has 2 rings (SSSR count). The molecular formula is C14H21NO3. The smallest absolute Gasteiger partial charge is 0.123 e. The van der Waals surface area contributed by atoms with Crippen LogP contribution >= 0.6 is 0 Å². The highest BCUT2D eigenvalue weighted by Crippen LogP contribution is 2.22. The molecule has 0 atom stereocenters. The first-order valence-electron chi connectivity index (χ1n) is 6.59. The van der Waals surface area contributed by atoms with E-state index in [1.54, 1.807) is 12.1 Å². The number of aromatic hydroxyl groups is 2. The maximum absolute atomic E-state index is 9.59. The van der Waals surface area contributed by atoms with E-state index in [2.05, 4.69) is 5.32 Å². The van der Waals surface area contributed by atoms with Crippen molar-refractivity contribution in [3.8, 4) is 11.5 Å². The molecule has 3 N–H and O–H groups in total. The number of nitrogens with one attached hydrogen (secondary N) is 1. The van der Waals surface area contributed by atoms with Crippen molar-refractivity contribution in [1.82, 2.24) is 5.32 Å². The van der Waals surface area contributed by atoms with Gasteiger partial charge in [0.05, 0.1) is 12.7 Å². The summed E-state index contributed by atoms with van der Waals surface area (Å²) in [5.74, 6) is 0.208. The minimum absolute atomic E-state index is 0.0841. The Kier molecular flexibility index (Phi) is 4.84. The van der Waals surface area contributed by atoms with Crippen molar-refractivity contribution < 1.29 is 14.9 Å². The monoisotopic (exact) mass is 251 g/mol. The SMILES string of the molecule is Oc1ccc(CNCCOC2CCCC2)c(O)c1. The number of phenols is 2. The van der Waals surface area contributed by atoms with E-state index in [-0.39, 0.29) is 11.5 Å². The summed E-state index contributed by atoms with van der Waals surface area (Å²) in [6.45, 7) is 2.07. The lowest BCUT2D eigenvalue weighted by Gasteiger charge is -2.12. The molecule has 1 aromatic carbocycles. The van der Waals surface area contributed by atoms with Gasteiger partial charge in [0.25, 0.3) is 0 Å². The fourth-order valence-electron chi connectivity index (χ4n) is 2.28. The van der Waals surface area contributed by atoms with Gasteiger partial charge >= 0.3 is 0 Å². The zero-order valence-corrected chi connectivity index (χ0v) is 10.6. The Labute approximate surface area is 108 Å². The number of hydrogen-bond donors (Lipinski definition) is 3. The van der Waals surface area contributed by atoms with Gasteiger partial charge in [-0.2, -0.15) is 0 Å². The van der Waals surface area contributed by atoms with Crippen LogP contribution in [0.5, 0.6) is 11.5 Å². The second kappa shape index (κ2) is 6.61. The van der Waals surface area contributed by atoms with Gasteiger partial charge in [-0.25, -0.2) is 0 Å². The summed E-state index contributed by atoms with van der Waals surface area (Å²) in [6, 6.07) is 4.65. The third kappa shape index (κ3) is 3.89. The van der Waals surface area contributed by atoms with Gasteiger partial charge in [0, 0.05) is 24.7 Å². The zero-order valence-electron chi connectivity index (χ0n) is 10.6. The second-order valence-corrected chi connectivity index (χ2v) is 4.77. The van der Waals surface area contributed by atoms with E-state index in [0.717, 1.165) is 12.1 Å². The highest BCUT2D eigenvalue weighted by atomic mass is 16.5. The molecule has 0 unspecified atom stereocenters. The molecule has 18 heavy (non-hydrogen) atoms. The van der Waals surface area contributed by atoms with Crippen molar-refractivity contribution >= 4 is 0 Å². The molecule has 1 aromatic rings. The maximum Gasteiger partial charge on any atom is 0.123 e. The first-order valence-corrected chi connectivity index (χ1v) is 6.59. The predicted octanol–water partition coefficient (Wildman–Crippen LogP) is 2.15. The van der Waals surface area contributed by atoms with Gasteiger partial charge in [0.1, 0.15) is 11.5 Å². The van der Waals surface area contributed by atoms with Crippen molar-refractivity contribution in [2.45, 2.75) is 38.3 Å². The number of hydrogen-bond acceptors (Lipinski definition) is 4. The van der Waals surface area contributed by atoms with Crippen LogP contribution in [0, 0.1) is 0 Å². The predicted molar refractivity (Wildman–Crippen MR) is 69.7 cm³/mol. The van der Waals surface area contributed by atoms with Gasteiger partial charge in [-0.15, -0.1) is 0 Å². The Morgan fingerprint density at radius 1 is 1.22 bits per heavy atom. The van der Waals surface area contributed by atoms with E-state index in [9.17, 15) is 5.11 Å². The van der Waals surface area contributed by atoms with Gasteiger partial charge < -0.3 is 20.3 Å². The molecule has 0 aromatic heterocycles.